The van der Waals surface area contributed by atoms with E-state index in [2.05, 4.69) is 4.74 Å². The number of methoxy groups -OCH3 is 1. The number of anilines is 2. The summed E-state index contributed by atoms with van der Waals surface area (Å²) in [5.74, 6) is -1.62. The number of hydrogen-bond acceptors (Lipinski definition) is 5. The van der Waals surface area contributed by atoms with Crippen molar-refractivity contribution in [3.05, 3.63) is 23.8 Å². The summed E-state index contributed by atoms with van der Waals surface area (Å²) in [7, 11) is 1.22. The van der Waals surface area contributed by atoms with Crippen molar-refractivity contribution in [1.82, 2.24) is 0 Å². The first-order chi connectivity index (χ1) is 12.3. The van der Waals surface area contributed by atoms with Gasteiger partial charge in [0.2, 0.25) is 5.91 Å². The van der Waals surface area contributed by atoms with Crippen LogP contribution >= 0.6 is 0 Å². The van der Waals surface area contributed by atoms with Crippen molar-refractivity contribution >= 4 is 23.3 Å². The molecule has 2 aliphatic rings. The molecule has 0 aliphatic carbocycles. The highest BCUT2D eigenvalue weighted by molar-refractivity contribution is 6.02. The molecule has 1 aromatic rings. The number of carbonyl (C=O) groups excluding carboxylic acids is 2. The van der Waals surface area contributed by atoms with Crippen molar-refractivity contribution in [2.75, 3.05) is 49.8 Å². The number of hydrogen-bond donors (Lipinski definition) is 0. The molecule has 1 atom stereocenters. The van der Waals surface area contributed by atoms with Crippen LogP contribution in [-0.2, 0) is 25.2 Å². The van der Waals surface area contributed by atoms with Crippen LogP contribution in [0.2, 0.25) is 0 Å². The van der Waals surface area contributed by atoms with E-state index in [9.17, 15) is 22.8 Å². The van der Waals surface area contributed by atoms with E-state index in [0.717, 1.165) is 12.1 Å². The molecule has 26 heavy (non-hydrogen) atoms. The number of benzene rings is 1. The lowest BCUT2D eigenvalue weighted by atomic mass is 10.1. The summed E-state index contributed by atoms with van der Waals surface area (Å²) in [5, 5.41) is 0. The predicted octanol–water partition coefficient (Wildman–Crippen LogP) is 2.07. The molecular weight excluding hydrogens is 353 g/mol. The number of carbonyl (C=O) groups is 2. The molecule has 2 fully saturated rings. The highest BCUT2D eigenvalue weighted by Crippen LogP contribution is 2.39. The molecule has 0 aromatic heterocycles. The number of halogens is 3. The fourth-order valence-electron chi connectivity index (χ4n) is 3.25. The molecule has 0 spiro atoms. The van der Waals surface area contributed by atoms with Gasteiger partial charge in [-0.25, -0.2) is 0 Å². The van der Waals surface area contributed by atoms with Crippen LogP contribution in [0.3, 0.4) is 0 Å². The topological polar surface area (TPSA) is 59.1 Å². The van der Waals surface area contributed by atoms with Crippen LogP contribution in [0.15, 0.2) is 18.2 Å². The summed E-state index contributed by atoms with van der Waals surface area (Å²) in [4.78, 5) is 27.3. The molecule has 2 saturated heterocycles. The summed E-state index contributed by atoms with van der Waals surface area (Å²) in [6, 6.07) is 3.36. The molecule has 1 aromatic carbocycles. The van der Waals surface area contributed by atoms with Crippen LogP contribution in [0, 0.1) is 5.92 Å². The second-order valence-corrected chi connectivity index (χ2v) is 6.23. The maximum absolute atomic E-state index is 13.2. The lowest BCUT2D eigenvalue weighted by Crippen LogP contribution is -2.38. The molecule has 0 saturated carbocycles. The largest absolute Gasteiger partial charge is 0.469 e. The smallest absolute Gasteiger partial charge is 0.416 e. The molecule has 1 amide bonds. The summed E-state index contributed by atoms with van der Waals surface area (Å²) in [5.41, 5.74) is -0.142. The van der Waals surface area contributed by atoms with Gasteiger partial charge in [-0.15, -0.1) is 0 Å². The normalized spacial score (nSPS) is 21.2. The summed E-state index contributed by atoms with van der Waals surface area (Å²) < 4.78 is 49.5. The molecule has 2 heterocycles. The second-order valence-electron chi connectivity index (χ2n) is 6.23. The standard InChI is InChI=1S/C17H19F3N2O4/c1-25-16(24)11-8-15(23)22(10-11)14-9-12(17(18,19)20)2-3-13(14)21-4-6-26-7-5-21/h2-3,9,11H,4-8,10H2,1H3/t11-/m0/s1. The molecule has 0 unspecified atom stereocenters. The second kappa shape index (κ2) is 7.14. The minimum Gasteiger partial charge on any atom is -0.469 e. The van der Waals surface area contributed by atoms with Crippen molar-refractivity contribution in [3.8, 4) is 0 Å². The van der Waals surface area contributed by atoms with Gasteiger partial charge in [-0.2, -0.15) is 13.2 Å². The van der Waals surface area contributed by atoms with Gasteiger partial charge in [0, 0.05) is 26.1 Å². The fraction of sp³-hybridized carbons (Fsp3) is 0.529. The maximum atomic E-state index is 13.2. The third-order valence-corrected chi connectivity index (χ3v) is 4.60. The van der Waals surface area contributed by atoms with E-state index in [-0.39, 0.29) is 18.7 Å². The Hall–Kier alpha value is -2.29. The van der Waals surface area contributed by atoms with Crippen LogP contribution in [0.25, 0.3) is 0 Å². The number of amides is 1. The summed E-state index contributed by atoms with van der Waals surface area (Å²) >= 11 is 0. The van der Waals surface area contributed by atoms with E-state index in [1.807, 2.05) is 4.90 Å². The molecule has 0 N–H and O–H groups in total. The molecule has 6 nitrogen and oxygen atoms in total. The Bertz CT molecular complexity index is 702. The van der Waals surface area contributed by atoms with Crippen LogP contribution in [0.5, 0.6) is 0 Å². The number of ether oxygens (including phenoxy) is 2. The van der Waals surface area contributed by atoms with E-state index in [1.54, 1.807) is 0 Å². The third-order valence-electron chi connectivity index (χ3n) is 4.60. The van der Waals surface area contributed by atoms with Crippen molar-refractivity contribution < 1.29 is 32.2 Å². The van der Waals surface area contributed by atoms with Crippen LogP contribution in [-0.4, -0.2) is 51.8 Å². The highest BCUT2D eigenvalue weighted by Gasteiger charge is 2.39. The van der Waals surface area contributed by atoms with Gasteiger partial charge in [-0.05, 0) is 18.2 Å². The molecule has 142 valence electrons. The first-order valence-electron chi connectivity index (χ1n) is 8.23. The van der Waals surface area contributed by atoms with E-state index >= 15 is 0 Å². The lowest BCUT2D eigenvalue weighted by Gasteiger charge is -2.33. The van der Waals surface area contributed by atoms with E-state index < -0.39 is 29.5 Å². The summed E-state index contributed by atoms with van der Waals surface area (Å²) in [6.45, 7) is 1.95. The maximum Gasteiger partial charge on any atom is 0.416 e. The van der Waals surface area contributed by atoms with E-state index in [1.165, 1.54) is 18.1 Å². The molecule has 3 rings (SSSR count). The number of morpholine rings is 1. The SMILES string of the molecule is COC(=O)[C@H]1CC(=O)N(c2cc(C(F)(F)F)ccc2N2CCOCC2)C1. The average Bonchev–Trinajstić information content (AvgIpc) is 3.02. The van der Waals surface area contributed by atoms with Gasteiger partial charge in [0.05, 0.1) is 43.2 Å². The van der Waals surface area contributed by atoms with E-state index in [4.69, 9.17) is 4.74 Å². The highest BCUT2D eigenvalue weighted by atomic mass is 19.4. The quantitative estimate of drug-likeness (QED) is 0.761. The van der Waals surface area contributed by atoms with Gasteiger partial charge >= 0.3 is 12.1 Å². The average molecular weight is 372 g/mol. The first-order valence-corrected chi connectivity index (χ1v) is 8.23. The van der Waals surface area contributed by atoms with Gasteiger partial charge in [0.1, 0.15) is 0 Å². The van der Waals surface area contributed by atoms with Crippen molar-refractivity contribution in [3.63, 3.8) is 0 Å². The predicted molar refractivity (Wildman–Crippen MR) is 87.0 cm³/mol. The molecular formula is C17H19F3N2O4. The number of alkyl halides is 3. The van der Waals surface area contributed by atoms with Crippen molar-refractivity contribution in [1.29, 1.82) is 0 Å². The van der Waals surface area contributed by atoms with Gasteiger partial charge in [0.25, 0.3) is 0 Å². The van der Waals surface area contributed by atoms with Crippen LogP contribution in [0.1, 0.15) is 12.0 Å². The van der Waals surface area contributed by atoms with Gasteiger partial charge in [-0.1, -0.05) is 0 Å². The van der Waals surface area contributed by atoms with Crippen LogP contribution < -0.4 is 9.80 Å². The Kier molecular flexibility index (Phi) is 5.08. The number of nitrogens with zero attached hydrogens (tertiary/aromatic N) is 2. The zero-order chi connectivity index (χ0) is 18.9. The minimum atomic E-state index is -4.52. The Morgan fingerprint density at radius 2 is 1.92 bits per heavy atom. The number of rotatable bonds is 3. The number of esters is 1. The van der Waals surface area contributed by atoms with E-state index in [0.29, 0.717) is 32.0 Å². The molecule has 0 bridgehead atoms. The lowest BCUT2D eigenvalue weighted by molar-refractivity contribution is -0.145. The van der Waals surface area contributed by atoms with Gasteiger partial charge < -0.3 is 19.3 Å². The first kappa shape index (κ1) is 18.5. The zero-order valence-electron chi connectivity index (χ0n) is 14.2. The molecule has 9 heteroatoms. The van der Waals surface area contributed by atoms with Crippen molar-refractivity contribution in [2.45, 2.75) is 12.6 Å². The zero-order valence-corrected chi connectivity index (χ0v) is 14.2. The van der Waals surface area contributed by atoms with Crippen molar-refractivity contribution in [2.24, 2.45) is 5.92 Å². The fourth-order valence-corrected chi connectivity index (χ4v) is 3.25. The minimum absolute atomic E-state index is 0.00412. The Labute approximate surface area is 148 Å². The molecule has 2 aliphatic heterocycles. The summed E-state index contributed by atoms with van der Waals surface area (Å²) in [6.07, 6.45) is -4.60. The van der Waals surface area contributed by atoms with Gasteiger partial charge in [0.15, 0.2) is 0 Å². The van der Waals surface area contributed by atoms with Crippen LogP contribution in [0.4, 0.5) is 24.5 Å². The third kappa shape index (κ3) is 3.62. The Morgan fingerprint density at radius 1 is 1.23 bits per heavy atom. The monoisotopic (exact) mass is 372 g/mol. The Morgan fingerprint density at radius 3 is 2.54 bits per heavy atom. The molecule has 0 radical (unpaired) electrons. The van der Waals surface area contributed by atoms with Gasteiger partial charge in [-0.3, -0.25) is 9.59 Å². The Balaban J connectivity index is 1.99.